The van der Waals surface area contributed by atoms with E-state index in [-0.39, 0.29) is 0 Å². The number of hydrogen-bond acceptors (Lipinski definition) is 1. The zero-order valence-corrected chi connectivity index (χ0v) is 9.79. The van der Waals surface area contributed by atoms with Gasteiger partial charge >= 0.3 is 0 Å². The Balaban J connectivity index is 2.94. The number of benzene rings is 1. The van der Waals surface area contributed by atoms with Crippen LogP contribution in [0, 0.1) is 17.4 Å². The van der Waals surface area contributed by atoms with E-state index in [1.165, 1.54) is 25.5 Å². The van der Waals surface area contributed by atoms with Crippen LogP contribution in [0.2, 0.25) is 0 Å². The Kier molecular flexibility index (Phi) is 2.24. The van der Waals surface area contributed by atoms with Gasteiger partial charge in [-0.15, -0.1) is 0 Å². The van der Waals surface area contributed by atoms with Crippen LogP contribution in [0.15, 0.2) is 24.5 Å². The first-order valence-electron chi connectivity index (χ1n) is 4.19. The Morgan fingerprint density at radius 3 is 2.62 bits per heavy atom. The Labute approximate surface area is 91.3 Å². The number of halogens is 1. The molecule has 2 aromatic rings. The Morgan fingerprint density at radius 1 is 1.08 bits per heavy atom. The highest BCUT2D eigenvalue weighted by molar-refractivity contribution is 14.1. The van der Waals surface area contributed by atoms with Gasteiger partial charge in [0.25, 0.3) is 0 Å². The van der Waals surface area contributed by atoms with Gasteiger partial charge in [0.15, 0.2) is 0 Å². The maximum atomic E-state index is 4.21. The third-order valence-corrected chi connectivity index (χ3v) is 3.29. The molecule has 66 valence electrons. The van der Waals surface area contributed by atoms with Crippen molar-refractivity contribution in [2.45, 2.75) is 13.8 Å². The van der Waals surface area contributed by atoms with Gasteiger partial charge in [-0.25, -0.2) is 0 Å². The van der Waals surface area contributed by atoms with Gasteiger partial charge in [-0.05, 0) is 53.0 Å². The quantitative estimate of drug-likeness (QED) is 0.675. The van der Waals surface area contributed by atoms with Crippen molar-refractivity contribution in [2.75, 3.05) is 0 Å². The second-order valence-electron chi connectivity index (χ2n) is 3.22. The van der Waals surface area contributed by atoms with Gasteiger partial charge in [-0.2, -0.15) is 0 Å². The van der Waals surface area contributed by atoms with Crippen molar-refractivity contribution in [2.24, 2.45) is 0 Å². The topological polar surface area (TPSA) is 12.9 Å². The lowest BCUT2D eigenvalue weighted by molar-refractivity contribution is 1.31. The summed E-state index contributed by atoms with van der Waals surface area (Å²) in [6.07, 6.45) is 3.84. The molecule has 1 nitrogen and oxygen atoms in total. The van der Waals surface area contributed by atoms with E-state index in [9.17, 15) is 0 Å². The molecule has 2 heteroatoms. The van der Waals surface area contributed by atoms with E-state index in [0.29, 0.717) is 0 Å². The molecule has 0 aliphatic heterocycles. The largest absolute Gasteiger partial charge is 0.263 e. The Hall–Kier alpha value is -0.640. The van der Waals surface area contributed by atoms with Gasteiger partial charge < -0.3 is 0 Å². The van der Waals surface area contributed by atoms with E-state index in [4.69, 9.17) is 0 Å². The molecule has 1 heterocycles. The molecule has 0 atom stereocenters. The van der Waals surface area contributed by atoms with Gasteiger partial charge in [0.1, 0.15) is 0 Å². The van der Waals surface area contributed by atoms with Crippen molar-refractivity contribution in [1.82, 2.24) is 4.98 Å². The lowest BCUT2D eigenvalue weighted by Crippen LogP contribution is -1.87. The SMILES string of the molecule is Cc1ccc2c(I)cncc2c1C. The normalized spacial score (nSPS) is 10.7. The molecule has 13 heavy (non-hydrogen) atoms. The third kappa shape index (κ3) is 1.43. The summed E-state index contributed by atoms with van der Waals surface area (Å²) in [5.41, 5.74) is 2.67. The molecule has 0 N–H and O–H groups in total. The van der Waals surface area contributed by atoms with Crippen LogP contribution < -0.4 is 0 Å². The average Bonchev–Trinajstić information content (AvgIpc) is 2.12. The molecule has 0 spiro atoms. The minimum Gasteiger partial charge on any atom is -0.263 e. The van der Waals surface area contributed by atoms with E-state index >= 15 is 0 Å². The van der Waals surface area contributed by atoms with Crippen LogP contribution in [-0.2, 0) is 0 Å². The van der Waals surface area contributed by atoms with E-state index < -0.39 is 0 Å². The molecule has 0 amide bonds. The third-order valence-electron chi connectivity index (χ3n) is 2.43. The number of pyridine rings is 1. The molecule has 2 rings (SSSR count). The fourth-order valence-corrected chi connectivity index (χ4v) is 2.09. The summed E-state index contributed by atoms with van der Waals surface area (Å²) in [6.45, 7) is 4.28. The summed E-state index contributed by atoms with van der Waals surface area (Å²) in [5.74, 6) is 0. The molecule has 0 aliphatic carbocycles. The summed E-state index contributed by atoms with van der Waals surface area (Å²) in [7, 11) is 0. The van der Waals surface area contributed by atoms with E-state index in [1.807, 2.05) is 12.4 Å². The van der Waals surface area contributed by atoms with Crippen molar-refractivity contribution in [3.05, 3.63) is 39.2 Å². The van der Waals surface area contributed by atoms with E-state index in [0.717, 1.165) is 0 Å². The molecule has 1 aromatic carbocycles. The highest BCUT2D eigenvalue weighted by Crippen LogP contribution is 2.24. The molecular weight excluding hydrogens is 273 g/mol. The maximum Gasteiger partial charge on any atom is 0.0408 e. The lowest BCUT2D eigenvalue weighted by atomic mass is 10.0. The number of nitrogens with zero attached hydrogens (tertiary/aromatic N) is 1. The summed E-state index contributed by atoms with van der Waals surface area (Å²) in [6, 6.07) is 4.33. The monoisotopic (exact) mass is 283 g/mol. The highest BCUT2D eigenvalue weighted by atomic mass is 127. The minimum atomic E-state index is 1.22. The zero-order valence-electron chi connectivity index (χ0n) is 7.63. The molecule has 0 fully saturated rings. The van der Waals surface area contributed by atoms with Crippen molar-refractivity contribution in [1.29, 1.82) is 0 Å². The fraction of sp³-hybridized carbons (Fsp3) is 0.182. The minimum absolute atomic E-state index is 1.22. The Morgan fingerprint density at radius 2 is 1.85 bits per heavy atom. The van der Waals surface area contributed by atoms with Crippen LogP contribution in [0.3, 0.4) is 0 Å². The number of rotatable bonds is 0. The Bertz CT molecular complexity index is 463. The zero-order chi connectivity index (χ0) is 9.42. The molecule has 1 aromatic heterocycles. The van der Waals surface area contributed by atoms with E-state index in [2.05, 4.69) is 53.6 Å². The van der Waals surface area contributed by atoms with Crippen LogP contribution >= 0.6 is 22.6 Å². The van der Waals surface area contributed by atoms with Gasteiger partial charge in [0.05, 0.1) is 0 Å². The maximum absolute atomic E-state index is 4.21. The van der Waals surface area contributed by atoms with Crippen molar-refractivity contribution in [3.63, 3.8) is 0 Å². The summed E-state index contributed by atoms with van der Waals surface area (Å²) < 4.78 is 1.22. The molecule has 0 unspecified atom stereocenters. The second-order valence-corrected chi connectivity index (χ2v) is 4.39. The summed E-state index contributed by atoms with van der Waals surface area (Å²) >= 11 is 2.32. The number of hydrogen-bond donors (Lipinski definition) is 0. The van der Waals surface area contributed by atoms with Gasteiger partial charge in [-0.3, -0.25) is 4.98 Å². The standard InChI is InChI=1S/C11H10IN/c1-7-3-4-9-10(8(7)2)5-13-6-11(9)12/h3-6H,1-2H3. The number of aryl methyl sites for hydroxylation is 2. The number of aromatic nitrogens is 1. The van der Waals surface area contributed by atoms with Crippen LogP contribution in [-0.4, -0.2) is 4.98 Å². The number of fused-ring (bicyclic) bond motifs is 1. The van der Waals surface area contributed by atoms with Crippen molar-refractivity contribution < 1.29 is 0 Å². The summed E-state index contributed by atoms with van der Waals surface area (Å²) in [4.78, 5) is 4.21. The van der Waals surface area contributed by atoms with Crippen LogP contribution in [0.5, 0.6) is 0 Å². The van der Waals surface area contributed by atoms with Gasteiger partial charge in [-0.1, -0.05) is 12.1 Å². The molecule has 0 saturated carbocycles. The van der Waals surface area contributed by atoms with Crippen LogP contribution in [0.4, 0.5) is 0 Å². The first kappa shape index (κ1) is 8.94. The van der Waals surface area contributed by atoms with Gasteiger partial charge in [0, 0.05) is 21.4 Å². The predicted octanol–water partition coefficient (Wildman–Crippen LogP) is 3.46. The fourth-order valence-electron chi connectivity index (χ4n) is 1.46. The van der Waals surface area contributed by atoms with Crippen LogP contribution in [0.1, 0.15) is 11.1 Å². The van der Waals surface area contributed by atoms with Gasteiger partial charge in [0.2, 0.25) is 0 Å². The molecule has 0 aliphatic rings. The second kappa shape index (κ2) is 3.25. The summed E-state index contributed by atoms with van der Waals surface area (Å²) in [5, 5.41) is 2.57. The molecule has 0 radical (unpaired) electrons. The molecule has 0 saturated heterocycles. The highest BCUT2D eigenvalue weighted by Gasteiger charge is 2.02. The van der Waals surface area contributed by atoms with E-state index in [1.54, 1.807) is 0 Å². The van der Waals surface area contributed by atoms with Crippen molar-refractivity contribution in [3.8, 4) is 0 Å². The molecular formula is C11H10IN. The first-order chi connectivity index (χ1) is 6.20. The predicted molar refractivity (Wildman–Crippen MR) is 63.9 cm³/mol. The smallest absolute Gasteiger partial charge is 0.0408 e. The van der Waals surface area contributed by atoms with Crippen molar-refractivity contribution >= 4 is 33.4 Å². The van der Waals surface area contributed by atoms with Crippen LogP contribution in [0.25, 0.3) is 10.8 Å². The first-order valence-corrected chi connectivity index (χ1v) is 5.27. The molecule has 0 bridgehead atoms. The lowest BCUT2D eigenvalue weighted by Gasteiger charge is -2.05. The average molecular weight is 283 g/mol.